The van der Waals surface area contributed by atoms with Crippen molar-refractivity contribution in [3.05, 3.63) is 35.4 Å². The van der Waals surface area contributed by atoms with Crippen molar-refractivity contribution in [2.75, 3.05) is 13.6 Å². The van der Waals surface area contributed by atoms with Crippen LogP contribution in [0.2, 0.25) is 0 Å². The zero-order chi connectivity index (χ0) is 14.3. The van der Waals surface area contributed by atoms with E-state index in [9.17, 15) is 4.79 Å². The second-order valence-electron chi connectivity index (χ2n) is 5.93. The van der Waals surface area contributed by atoms with E-state index in [1.807, 2.05) is 7.05 Å². The van der Waals surface area contributed by atoms with Crippen molar-refractivity contribution < 1.29 is 4.79 Å². The lowest BCUT2D eigenvalue weighted by Crippen LogP contribution is -2.23. The van der Waals surface area contributed by atoms with Gasteiger partial charge in [-0.05, 0) is 36.6 Å². The molecule has 0 aliphatic rings. The molecule has 0 unspecified atom stereocenters. The van der Waals surface area contributed by atoms with E-state index in [2.05, 4.69) is 55.7 Å². The summed E-state index contributed by atoms with van der Waals surface area (Å²) in [6.45, 7) is 8.10. The van der Waals surface area contributed by atoms with E-state index in [-0.39, 0.29) is 11.3 Å². The highest BCUT2D eigenvalue weighted by Gasteiger charge is 2.12. The van der Waals surface area contributed by atoms with E-state index in [0.29, 0.717) is 13.0 Å². The van der Waals surface area contributed by atoms with Crippen LogP contribution in [0.3, 0.4) is 0 Å². The Balaban J connectivity index is 2.40. The van der Waals surface area contributed by atoms with Gasteiger partial charge in [0.25, 0.3) is 0 Å². The van der Waals surface area contributed by atoms with Gasteiger partial charge in [0.15, 0.2) is 0 Å². The largest absolute Gasteiger partial charge is 0.352 e. The Hall–Kier alpha value is -1.35. The van der Waals surface area contributed by atoms with Crippen molar-refractivity contribution >= 4 is 5.91 Å². The van der Waals surface area contributed by atoms with Gasteiger partial charge in [-0.2, -0.15) is 0 Å². The minimum absolute atomic E-state index is 0.121. The Bertz CT molecular complexity index is 390. The fourth-order valence-corrected chi connectivity index (χ4v) is 1.84. The van der Waals surface area contributed by atoms with Crippen LogP contribution in [0.4, 0.5) is 0 Å². The van der Waals surface area contributed by atoms with Gasteiger partial charge in [0.05, 0.1) is 0 Å². The summed E-state index contributed by atoms with van der Waals surface area (Å²) in [6.07, 6.45) is 1.46. The summed E-state index contributed by atoms with van der Waals surface area (Å²) in [6, 6.07) is 8.47. The third kappa shape index (κ3) is 5.88. The summed E-state index contributed by atoms with van der Waals surface area (Å²) in [5.41, 5.74) is 2.64. The highest BCUT2D eigenvalue weighted by molar-refractivity contribution is 5.75. The number of hydrogen-bond acceptors (Lipinski definition) is 2. The Morgan fingerprint density at radius 3 is 2.32 bits per heavy atom. The maximum atomic E-state index is 11.6. The van der Waals surface area contributed by atoms with Gasteiger partial charge in [-0.1, -0.05) is 45.0 Å². The van der Waals surface area contributed by atoms with Crippen molar-refractivity contribution in [2.24, 2.45) is 0 Å². The molecule has 0 radical (unpaired) electrons. The van der Waals surface area contributed by atoms with Gasteiger partial charge in [0, 0.05) is 13.0 Å². The molecule has 0 heterocycles. The Morgan fingerprint density at radius 1 is 1.16 bits per heavy atom. The van der Waals surface area contributed by atoms with Crippen LogP contribution in [0.5, 0.6) is 0 Å². The maximum absolute atomic E-state index is 11.6. The van der Waals surface area contributed by atoms with E-state index in [1.54, 1.807) is 0 Å². The average Bonchev–Trinajstić information content (AvgIpc) is 2.36. The smallest absolute Gasteiger partial charge is 0.220 e. The SMILES string of the molecule is CNCCCC(=O)NCc1ccc(C(C)(C)C)cc1. The van der Waals surface area contributed by atoms with E-state index < -0.39 is 0 Å². The first-order valence-electron chi connectivity index (χ1n) is 6.94. The molecule has 1 aromatic carbocycles. The van der Waals surface area contributed by atoms with Gasteiger partial charge in [0.1, 0.15) is 0 Å². The van der Waals surface area contributed by atoms with Crippen molar-refractivity contribution in [2.45, 2.75) is 45.6 Å². The molecule has 0 saturated heterocycles. The first kappa shape index (κ1) is 15.7. The van der Waals surface area contributed by atoms with Crippen LogP contribution < -0.4 is 10.6 Å². The van der Waals surface area contributed by atoms with Crippen LogP contribution >= 0.6 is 0 Å². The lowest BCUT2D eigenvalue weighted by atomic mass is 9.87. The van der Waals surface area contributed by atoms with E-state index in [4.69, 9.17) is 0 Å². The molecule has 0 spiro atoms. The molecule has 3 nitrogen and oxygen atoms in total. The third-order valence-corrected chi connectivity index (χ3v) is 3.14. The summed E-state index contributed by atoms with van der Waals surface area (Å²) in [7, 11) is 1.90. The lowest BCUT2D eigenvalue weighted by molar-refractivity contribution is -0.121. The van der Waals surface area contributed by atoms with Crippen LogP contribution in [-0.4, -0.2) is 19.5 Å². The van der Waals surface area contributed by atoms with Crippen molar-refractivity contribution in [1.29, 1.82) is 0 Å². The number of nitrogens with one attached hydrogen (secondary N) is 2. The zero-order valence-electron chi connectivity index (χ0n) is 12.5. The number of hydrogen-bond donors (Lipinski definition) is 2. The monoisotopic (exact) mass is 262 g/mol. The van der Waals surface area contributed by atoms with Gasteiger partial charge in [-0.15, -0.1) is 0 Å². The van der Waals surface area contributed by atoms with Gasteiger partial charge in [0.2, 0.25) is 5.91 Å². The molecular weight excluding hydrogens is 236 g/mol. The second-order valence-corrected chi connectivity index (χ2v) is 5.93. The van der Waals surface area contributed by atoms with Crippen LogP contribution in [-0.2, 0) is 16.8 Å². The molecule has 0 aliphatic carbocycles. The van der Waals surface area contributed by atoms with Crippen molar-refractivity contribution in [3.63, 3.8) is 0 Å². The molecule has 0 bridgehead atoms. The Labute approximate surface area is 116 Å². The molecule has 3 heteroatoms. The minimum atomic E-state index is 0.121. The molecule has 0 fully saturated rings. The van der Waals surface area contributed by atoms with E-state index >= 15 is 0 Å². The summed E-state index contributed by atoms with van der Waals surface area (Å²) < 4.78 is 0. The van der Waals surface area contributed by atoms with Crippen molar-refractivity contribution in [1.82, 2.24) is 10.6 Å². The van der Waals surface area contributed by atoms with E-state index in [1.165, 1.54) is 5.56 Å². The number of carbonyl (C=O) groups excluding carboxylic acids is 1. The van der Waals surface area contributed by atoms with Gasteiger partial charge >= 0.3 is 0 Å². The fourth-order valence-electron chi connectivity index (χ4n) is 1.84. The van der Waals surface area contributed by atoms with Gasteiger partial charge < -0.3 is 10.6 Å². The Morgan fingerprint density at radius 2 is 1.79 bits per heavy atom. The quantitative estimate of drug-likeness (QED) is 0.774. The molecular formula is C16H26N2O. The minimum Gasteiger partial charge on any atom is -0.352 e. The van der Waals surface area contributed by atoms with Gasteiger partial charge in [-0.25, -0.2) is 0 Å². The second kappa shape index (κ2) is 7.29. The summed E-state index contributed by atoms with van der Waals surface area (Å²) in [5.74, 6) is 0.121. The highest BCUT2D eigenvalue weighted by atomic mass is 16.1. The number of rotatable bonds is 6. The van der Waals surface area contributed by atoms with Gasteiger partial charge in [-0.3, -0.25) is 4.79 Å². The summed E-state index contributed by atoms with van der Waals surface area (Å²) >= 11 is 0. The standard InChI is InChI=1S/C16H26N2O/c1-16(2,3)14-9-7-13(8-10-14)12-18-15(19)6-5-11-17-4/h7-10,17H,5-6,11-12H2,1-4H3,(H,18,19). The summed E-state index contributed by atoms with van der Waals surface area (Å²) in [4.78, 5) is 11.6. The van der Waals surface area contributed by atoms with Crippen LogP contribution in [0.15, 0.2) is 24.3 Å². The van der Waals surface area contributed by atoms with Crippen LogP contribution in [0, 0.1) is 0 Å². The molecule has 0 atom stereocenters. The predicted molar refractivity (Wildman–Crippen MR) is 80.1 cm³/mol. The van der Waals surface area contributed by atoms with Crippen LogP contribution in [0.1, 0.15) is 44.7 Å². The van der Waals surface area contributed by atoms with E-state index in [0.717, 1.165) is 18.5 Å². The first-order chi connectivity index (χ1) is 8.93. The fraction of sp³-hybridized carbons (Fsp3) is 0.562. The molecule has 0 aliphatic heterocycles. The average molecular weight is 262 g/mol. The number of benzene rings is 1. The zero-order valence-corrected chi connectivity index (χ0v) is 12.5. The Kier molecular flexibility index (Phi) is 6.03. The molecule has 0 aromatic heterocycles. The van der Waals surface area contributed by atoms with Crippen LogP contribution in [0.25, 0.3) is 0 Å². The normalized spacial score (nSPS) is 11.4. The molecule has 1 rings (SSSR count). The number of amides is 1. The topological polar surface area (TPSA) is 41.1 Å². The highest BCUT2D eigenvalue weighted by Crippen LogP contribution is 2.22. The van der Waals surface area contributed by atoms with Crippen molar-refractivity contribution in [3.8, 4) is 0 Å². The molecule has 1 aromatic rings. The lowest BCUT2D eigenvalue weighted by Gasteiger charge is -2.19. The molecule has 19 heavy (non-hydrogen) atoms. The molecule has 1 amide bonds. The summed E-state index contributed by atoms with van der Waals surface area (Å²) in [5, 5.41) is 5.99. The first-order valence-corrected chi connectivity index (χ1v) is 6.94. The molecule has 106 valence electrons. The number of carbonyl (C=O) groups is 1. The molecule has 0 saturated carbocycles. The predicted octanol–water partition coefficient (Wildman–Crippen LogP) is 2.60. The third-order valence-electron chi connectivity index (χ3n) is 3.14. The molecule has 2 N–H and O–H groups in total. The maximum Gasteiger partial charge on any atom is 0.220 e.